The van der Waals surface area contributed by atoms with Gasteiger partial charge in [-0.3, -0.25) is 9.09 Å². The van der Waals surface area contributed by atoms with E-state index >= 15 is 0 Å². The van der Waals surface area contributed by atoms with Gasteiger partial charge in [0.05, 0.1) is 12.7 Å². The molecule has 148 valence electrons. The van der Waals surface area contributed by atoms with E-state index < -0.39 is 48.9 Å². The third-order valence-corrected chi connectivity index (χ3v) is 6.29. The summed E-state index contributed by atoms with van der Waals surface area (Å²) >= 11 is 0. The van der Waals surface area contributed by atoms with Gasteiger partial charge in [0.15, 0.2) is 0 Å². The van der Waals surface area contributed by atoms with Crippen molar-refractivity contribution in [1.29, 1.82) is 0 Å². The molecule has 4 unspecified atom stereocenters. The molecule has 0 aliphatic carbocycles. The highest BCUT2D eigenvalue weighted by Crippen LogP contribution is 2.61. The van der Waals surface area contributed by atoms with Crippen LogP contribution in [0.15, 0.2) is 17.1 Å². The fraction of sp³-hybridized carbons (Fsp3) is 0.556. The first-order valence-electron chi connectivity index (χ1n) is 6.86. The zero-order chi connectivity index (χ0) is 19.5. The van der Waals surface area contributed by atoms with Crippen LogP contribution >= 0.6 is 24.2 Å². The first-order chi connectivity index (χ1) is 12.0. The van der Waals surface area contributed by atoms with E-state index in [2.05, 4.69) is 18.1 Å². The molecular weight excluding hydrogens is 419 g/mol. The molecule has 26 heavy (non-hydrogen) atoms. The summed E-state index contributed by atoms with van der Waals surface area (Å²) in [6, 6.07) is 1.41. The Balaban J connectivity index is 1.85. The molecule has 0 bridgehead atoms. The minimum atomic E-state index is -5.10. The molecule has 0 saturated carbocycles. The molecule has 1 aromatic rings. The maximum atomic E-state index is 11.7. The van der Waals surface area contributed by atoms with Crippen LogP contribution in [-0.2, 0) is 27.0 Å². The number of phosphoric ester groups is 1. The van der Waals surface area contributed by atoms with Crippen LogP contribution in [0.3, 0.4) is 0 Å². The van der Waals surface area contributed by atoms with E-state index in [-0.39, 0.29) is 5.82 Å². The van der Waals surface area contributed by atoms with Crippen molar-refractivity contribution >= 4 is 30.1 Å². The number of nitrogens with zero attached hydrogens (tertiary/aromatic N) is 2. The van der Waals surface area contributed by atoms with E-state index in [0.29, 0.717) is 12.8 Å². The largest absolute Gasteiger partial charge is 0.479 e. The Morgan fingerprint density at radius 1 is 1.35 bits per heavy atom. The van der Waals surface area contributed by atoms with Crippen molar-refractivity contribution in [3.8, 4) is 0 Å². The van der Waals surface area contributed by atoms with Crippen molar-refractivity contribution in [2.45, 2.75) is 25.2 Å². The van der Waals surface area contributed by atoms with E-state index in [1.165, 1.54) is 16.8 Å². The Bertz CT molecular complexity index is 782. The Hall–Kier alpha value is -0.750. The van der Waals surface area contributed by atoms with Crippen molar-refractivity contribution in [2.24, 2.45) is 0 Å². The smallest absolute Gasteiger partial charge is 0.383 e. The first kappa shape index (κ1) is 21.5. The molecule has 1 fully saturated rings. The van der Waals surface area contributed by atoms with E-state index in [4.69, 9.17) is 25.2 Å². The number of hydrogen-bond acceptors (Lipinski definition) is 10. The molecule has 6 N–H and O–H groups in total. The Labute approximate surface area is 147 Å². The number of aromatic nitrogens is 2. The van der Waals surface area contributed by atoms with E-state index in [1.54, 1.807) is 0 Å². The topological polar surface area (TPSA) is 213 Å². The quantitative estimate of drug-likeness (QED) is 0.340. The second kappa shape index (κ2) is 8.51. The van der Waals surface area contributed by atoms with Gasteiger partial charge >= 0.3 is 29.9 Å². The van der Waals surface area contributed by atoms with E-state index in [9.17, 15) is 18.8 Å². The number of nitrogens with two attached hydrogens (primary N) is 1. The van der Waals surface area contributed by atoms with Crippen molar-refractivity contribution in [3.05, 3.63) is 22.7 Å². The first-order valence-corrected chi connectivity index (χ1v) is 11.0. The van der Waals surface area contributed by atoms with Crippen LogP contribution in [-0.4, -0.2) is 41.8 Å². The van der Waals surface area contributed by atoms with Crippen LogP contribution in [0.25, 0.3) is 0 Å². The predicted octanol–water partition coefficient (Wildman–Crippen LogP) is -0.0348. The molecule has 1 aliphatic heterocycles. The van der Waals surface area contributed by atoms with Gasteiger partial charge in [-0.1, -0.05) is 0 Å². The summed E-state index contributed by atoms with van der Waals surface area (Å²) in [6.07, 6.45) is 0.812. The minimum absolute atomic E-state index is 0.0560. The third-order valence-electron chi connectivity index (χ3n) is 3.02. The van der Waals surface area contributed by atoms with Crippen molar-refractivity contribution in [3.63, 3.8) is 0 Å². The van der Waals surface area contributed by atoms with E-state index in [0.717, 1.165) is 0 Å². The lowest BCUT2D eigenvalue weighted by Gasteiger charge is -2.18. The molecule has 0 amide bonds. The number of ether oxygens (including phenoxy) is 1. The van der Waals surface area contributed by atoms with Gasteiger partial charge in [-0.15, -0.1) is 0 Å². The SMILES string of the molecule is Nc1ccn(C2CCC(COP(=O)(O)OP(O)OP(=O)(O)O)O2)c(=O)n1. The molecule has 0 aromatic carbocycles. The monoisotopic (exact) mass is 435 g/mol. The lowest BCUT2D eigenvalue weighted by atomic mass is 10.2. The summed E-state index contributed by atoms with van der Waals surface area (Å²) < 4.78 is 41.2. The maximum absolute atomic E-state index is 11.7. The van der Waals surface area contributed by atoms with Gasteiger partial charge in [0.1, 0.15) is 12.0 Å². The van der Waals surface area contributed by atoms with Crippen molar-refractivity contribution in [1.82, 2.24) is 9.55 Å². The molecule has 4 atom stereocenters. The van der Waals surface area contributed by atoms with Gasteiger partial charge < -0.3 is 30.0 Å². The molecule has 14 nitrogen and oxygen atoms in total. The number of phosphoric acid groups is 2. The van der Waals surface area contributed by atoms with Gasteiger partial charge in [0, 0.05) is 6.20 Å². The molecule has 1 saturated heterocycles. The van der Waals surface area contributed by atoms with Crippen LogP contribution in [0.1, 0.15) is 19.1 Å². The molecule has 0 radical (unpaired) electrons. The Morgan fingerprint density at radius 2 is 2.04 bits per heavy atom. The lowest BCUT2D eigenvalue weighted by molar-refractivity contribution is -0.0240. The zero-order valence-electron chi connectivity index (χ0n) is 12.9. The minimum Gasteiger partial charge on any atom is -0.383 e. The summed E-state index contributed by atoms with van der Waals surface area (Å²) in [5.74, 6) is 0.0560. The summed E-state index contributed by atoms with van der Waals surface area (Å²) in [4.78, 5) is 50.7. The lowest BCUT2D eigenvalue weighted by Crippen LogP contribution is -2.27. The average molecular weight is 435 g/mol. The van der Waals surface area contributed by atoms with Crippen LogP contribution in [0.4, 0.5) is 5.82 Å². The van der Waals surface area contributed by atoms with Crippen LogP contribution in [0.2, 0.25) is 0 Å². The average Bonchev–Trinajstić information content (AvgIpc) is 2.91. The molecule has 1 aliphatic rings. The normalized spacial score (nSPS) is 24.3. The predicted molar refractivity (Wildman–Crippen MR) is 85.2 cm³/mol. The van der Waals surface area contributed by atoms with Crippen molar-refractivity contribution < 1.29 is 46.6 Å². The molecule has 2 rings (SSSR count). The molecular formula is C9H16N3O11P3. The van der Waals surface area contributed by atoms with Crippen molar-refractivity contribution in [2.75, 3.05) is 12.3 Å². The fourth-order valence-corrected chi connectivity index (χ4v) is 4.42. The standard InChI is InChI=1S/C9H16N3O11P3/c10-7-3-4-12(9(13)11-7)8-2-1-6(21-8)5-20-26(18,19)23-24(14)22-25(15,16)17/h3-4,6,8,14H,1-2,5H2,(H,18,19)(H2,10,11,13)(H2,15,16,17). The summed E-state index contributed by atoms with van der Waals surface area (Å²) in [5, 5.41) is 0. The molecule has 0 spiro atoms. The molecule has 17 heteroatoms. The van der Waals surface area contributed by atoms with Gasteiger partial charge in [0.2, 0.25) is 0 Å². The highest BCUT2D eigenvalue weighted by atomic mass is 31.3. The van der Waals surface area contributed by atoms with Gasteiger partial charge in [0.25, 0.3) is 0 Å². The van der Waals surface area contributed by atoms with Gasteiger partial charge in [-0.2, -0.15) is 4.98 Å². The van der Waals surface area contributed by atoms with Crippen LogP contribution < -0.4 is 11.4 Å². The number of hydrogen-bond donors (Lipinski definition) is 5. The second-order valence-corrected chi connectivity index (χ2v) is 8.95. The fourth-order valence-electron chi connectivity index (χ4n) is 2.05. The van der Waals surface area contributed by atoms with Gasteiger partial charge in [-0.05, 0) is 18.9 Å². The Kier molecular flexibility index (Phi) is 7.05. The van der Waals surface area contributed by atoms with Gasteiger partial charge in [-0.25, -0.2) is 22.5 Å². The summed E-state index contributed by atoms with van der Waals surface area (Å²) in [6.45, 7) is -0.444. The number of anilines is 1. The second-order valence-electron chi connectivity index (χ2n) is 4.99. The summed E-state index contributed by atoms with van der Waals surface area (Å²) in [5.41, 5.74) is 4.77. The van der Waals surface area contributed by atoms with E-state index in [1.807, 2.05) is 0 Å². The molecule has 1 aromatic heterocycles. The zero-order valence-corrected chi connectivity index (χ0v) is 15.6. The third kappa shape index (κ3) is 6.76. The Morgan fingerprint density at radius 3 is 2.65 bits per heavy atom. The highest BCUT2D eigenvalue weighted by molar-refractivity contribution is 7.63. The maximum Gasteiger partial charge on any atom is 0.479 e. The number of nitrogen functional groups attached to an aromatic ring is 1. The summed E-state index contributed by atoms with van der Waals surface area (Å²) in [7, 11) is -13.3. The van der Waals surface area contributed by atoms with Crippen LogP contribution in [0.5, 0.6) is 0 Å². The highest BCUT2D eigenvalue weighted by Gasteiger charge is 2.35. The number of rotatable bonds is 8. The molecule has 2 heterocycles. The van der Waals surface area contributed by atoms with Crippen LogP contribution in [0, 0.1) is 0 Å².